The molecule has 1 aliphatic heterocycles. The highest BCUT2D eigenvalue weighted by molar-refractivity contribution is 8.13. The fourth-order valence-electron chi connectivity index (χ4n) is 3.13. The lowest BCUT2D eigenvalue weighted by molar-refractivity contribution is -0.149. The van der Waals surface area contributed by atoms with Crippen LogP contribution < -0.4 is 16.3 Å². The molecule has 0 radical (unpaired) electrons. The van der Waals surface area contributed by atoms with Crippen molar-refractivity contribution in [1.82, 2.24) is 14.6 Å². The zero-order valence-electron chi connectivity index (χ0n) is 22.3. The van der Waals surface area contributed by atoms with E-state index in [1.807, 2.05) is 4.98 Å². The summed E-state index contributed by atoms with van der Waals surface area (Å²) in [6.45, 7) is 6.09. The number of hydrogen-bond donors (Lipinski definition) is 3. The molecule has 0 unspecified atom stereocenters. The first kappa shape index (κ1) is 34.0. The van der Waals surface area contributed by atoms with Crippen LogP contribution in [0.3, 0.4) is 0 Å². The topological polar surface area (TPSA) is 158 Å². The fraction of sp³-hybridized carbons (Fsp3) is 0.727. The third-order valence-corrected chi connectivity index (χ3v) is 9.46. The van der Waals surface area contributed by atoms with Gasteiger partial charge < -0.3 is 23.6 Å². The molecule has 0 aromatic carbocycles. The maximum Gasteiger partial charge on any atom is 0.330 e. The maximum atomic E-state index is 15.3. The molecule has 0 aliphatic carbocycles. The van der Waals surface area contributed by atoms with Gasteiger partial charge in [0.25, 0.3) is 17.3 Å². The standard InChI is InChI=1S/C22H34ClFN3O9PS2/c1-12(2)35-17(30)13(3)26-37(38,33-9-10-39-19(31)21(4,5)6)34-11-14-16(29)22(23,24)18(36-14)27-8-7-15(28)25-20(27)32/h7-8,12-14,16,18,29H,9-11H2,1-6H3,(H,26,38)(H,25,28,32)/t13-,14+,16+,18+,22+,37-/m0/s1. The van der Waals surface area contributed by atoms with Crippen molar-refractivity contribution < 1.29 is 37.6 Å². The van der Waals surface area contributed by atoms with Gasteiger partial charge in [-0.1, -0.05) is 44.1 Å². The van der Waals surface area contributed by atoms with E-state index >= 15 is 4.39 Å². The molecule has 0 spiro atoms. The molecule has 17 heteroatoms. The van der Waals surface area contributed by atoms with Crippen LogP contribution in [0, 0.1) is 5.41 Å². The normalized spacial score (nSPS) is 25.8. The molecule has 1 aliphatic rings. The van der Waals surface area contributed by atoms with Gasteiger partial charge in [-0.3, -0.25) is 23.9 Å². The first-order valence-electron chi connectivity index (χ1n) is 11.9. The van der Waals surface area contributed by atoms with Crippen molar-refractivity contribution in [2.75, 3.05) is 19.0 Å². The first-order chi connectivity index (χ1) is 17.9. The Kier molecular flexibility index (Phi) is 11.9. The lowest BCUT2D eigenvalue weighted by Crippen LogP contribution is -2.42. The van der Waals surface area contributed by atoms with Crippen LogP contribution in [0.5, 0.6) is 0 Å². The number of carbonyl (C=O) groups excluding carboxylic acids is 2. The van der Waals surface area contributed by atoms with Crippen LogP contribution in [-0.4, -0.2) is 74.2 Å². The van der Waals surface area contributed by atoms with Crippen molar-refractivity contribution in [2.45, 2.75) is 77.3 Å². The van der Waals surface area contributed by atoms with Crippen LogP contribution in [0.1, 0.15) is 47.8 Å². The van der Waals surface area contributed by atoms with E-state index in [1.54, 1.807) is 34.6 Å². The van der Waals surface area contributed by atoms with Crippen LogP contribution >= 0.6 is 30.0 Å². The summed E-state index contributed by atoms with van der Waals surface area (Å²) in [5, 5.41) is 10.3. The molecule has 1 fully saturated rings. The lowest BCUT2D eigenvalue weighted by Gasteiger charge is -2.28. The smallest absolute Gasteiger partial charge is 0.330 e. The summed E-state index contributed by atoms with van der Waals surface area (Å²) in [5.74, 6) is -0.388. The quantitative estimate of drug-likeness (QED) is 0.134. The highest BCUT2D eigenvalue weighted by atomic mass is 35.5. The zero-order valence-corrected chi connectivity index (χ0v) is 25.6. The second-order valence-electron chi connectivity index (χ2n) is 10.0. The number of rotatable bonds is 12. The van der Waals surface area contributed by atoms with Gasteiger partial charge in [0, 0.05) is 23.4 Å². The predicted octanol–water partition coefficient (Wildman–Crippen LogP) is 2.19. The molecule has 1 saturated heterocycles. The van der Waals surface area contributed by atoms with Gasteiger partial charge in [0.05, 0.1) is 19.3 Å². The summed E-state index contributed by atoms with van der Waals surface area (Å²) in [5.41, 5.74) is -2.28. The van der Waals surface area contributed by atoms with Crippen LogP contribution in [0.2, 0.25) is 0 Å². The molecular formula is C22H34ClFN3O9PS2. The SMILES string of the molecule is CC(C)OC(=O)[C@H](C)N[P@](=S)(OCCSC(=O)C(C)(C)C)OC[C@H]1O[C@@H](n2ccc(=O)[nH]c2=O)[C@@](F)(Cl)[C@@H]1O. The van der Waals surface area contributed by atoms with Crippen molar-refractivity contribution in [3.05, 3.63) is 33.1 Å². The predicted molar refractivity (Wildman–Crippen MR) is 148 cm³/mol. The molecule has 222 valence electrons. The highest BCUT2D eigenvalue weighted by Crippen LogP contribution is 2.48. The molecule has 2 rings (SSSR count). The maximum absolute atomic E-state index is 15.3. The second-order valence-corrected chi connectivity index (χ2v) is 14.9. The molecule has 39 heavy (non-hydrogen) atoms. The van der Waals surface area contributed by atoms with E-state index in [4.69, 9.17) is 41.9 Å². The molecule has 12 nitrogen and oxygen atoms in total. The number of ether oxygens (including phenoxy) is 2. The Hall–Kier alpha value is -1.16. The third-order valence-electron chi connectivity index (χ3n) is 5.14. The van der Waals surface area contributed by atoms with E-state index in [2.05, 4.69) is 5.09 Å². The molecule has 1 aromatic heterocycles. The van der Waals surface area contributed by atoms with Crippen LogP contribution in [-0.2, 0) is 39.9 Å². The molecule has 0 bridgehead atoms. The van der Waals surface area contributed by atoms with Crippen molar-refractivity contribution in [3.8, 4) is 0 Å². The van der Waals surface area contributed by atoms with Crippen LogP contribution in [0.15, 0.2) is 21.9 Å². The fourth-order valence-corrected chi connectivity index (χ4v) is 6.70. The molecular weight excluding hydrogens is 600 g/mol. The Morgan fingerprint density at radius 1 is 1.36 bits per heavy atom. The molecule has 0 amide bonds. The van der Waals surface area contributed by atoms with E-state index in [0.717, 1.165) is 24.0 Å². The Labute approximate surface area is 239 Å². The number of nitrogens with one attached hydrogen (secondary N) is 2. The Morgan fingerprint density at radius 3 is 2.56 bits per heavy atom. The number of hydrogen-bond acceptors (Lipinski definition) is 11. The molecule has 2 heterocycles. The third kappa shape index (κ3) is 9.44. The Morgan fingerprint density at radius 2 is 2.00 bits per heavy atom. The van der Waals surface area contributed by atoms with Crippen molar-refractivity contribution in [3.63, 3.8) is 0 Å². The second kappa shape index (κ2) is 13.7. The average Bonchev–Trinajstić information content (AvgIpc) is 3.03. The number of alkyl halides is 2. The summed E-state index contributed by atoms with van der Waals surface area (Å²) in [7, 11) is 0. The van der Waals surface area contributed by atoms with Gasteiger partial charge in [-0.2, -0.15) is 0 Å². The summed E-state index contributed by atoms with van der Waals surface area (Å²) in [4.78, 5) is 50.0. The van der Waals surface area contributed by atoms with E-state index in [-0.39, 0.29) is 17.5 Å². The Balaban J connectivity index is 2.16. The minimum Gasteiger partial charge on any atom is -0.462 e. The average molecular weight is 634 g/mol. The number of aliphatic hydroxyl groups excluding tert-OH is 1. The number of carbonyl (C=O) groups is 2. The summed E-state index contributed by atoms with van der Waals surface area (Å²) < 4.78 is 38.2. The van der Waals surface area contributed by atoms with Crippen LogP contribution in [0.25, 0.3) is 0 Å². The molecule has 1 aromatic rings. The summed E-state index contributed by atoms with van der Waals surface area (Å²) in [6, 6.07) is 0.00297. The number of aromatic amines is 1. The monoisotopic (exact) mass is 633 g/mol. The van der Waals surface area contributed by atoms with Gasteiger partial charge in [0.2, 0.25) is 0 Å². The number of halogens is 2. The van der Waals surface area contributed by atoms with Gasteiger partial charge >= 0.3 is 11.7 Å². The summed E-state index contributed by atoms with van der Waals surface area (Å²) >= 11 is 12.5. The first-order valence-corrected chi connectivity index (χ1v) is 15.9. The van der Waals surface area contributed by atoms with Gasteiger partial charge in [-0.15, -0.1) is 0 Å². The highest BCUT2D eigenvalue weighted by Gasteiger charge is 2.58. The largest absolute Gasteiger partial charge is 0.462 e. The minimum atomic E-state index is -3.52. The van der Waals surface area contributed by atoms with Gasteiger partial charge in [-0.25, -0.2) is 14.3 Å². The molecule has 0 saturated carbocycles. The van der Waals surface area contributed by atoms with E-state index in [0.29, 0.717) is 4.57 Å². The lowest BCUT2D eigenvalue weighted by atomic mass is 10.00. The number of aliphatic hydroxyl groups is 1. The van der Waals surface area contributed by atoms with E-state index in [1.165, 1.54) is 6.92 Å². The summed E-state index contributed by atoms with van der Waals surface area (Å²) in [6.07, 6.45) is -4.61. The molecule has 3 N–H and O–H groups in total. The van der Waals surface area contributed by atoms with Gasteiger partial charge in [0.1, 0.15) is 18.2 Å². The number of H-pyrrole nitrogens is 1. The van der Waals surface area contributed by atoms with E-state index < -0.39 is 71.6 Å². The van der Waals surface area contributed by atoms with Crippen molar-refractivity contribution in [1.29, 1.82) is 0 Å². The van der Waals surface area contributed by atoms with E-state index in [9.17, 15) is 24.3 Å². The molecule has 6 atom stereocenters. The number of esters is 1. The van der Waals surface area contributed by atoms with Crippen LogP contribution in [0.4, 0.5) is 4.39 Å². The minimum absolute atomic E-state index is 0.0330. The number of nitrogens with zero attached hydrogens (tertiary/aromatic N) is 1. The van der Waals surface area contributed by atoms with Gasteiger partial charge in [-0.05, 0) is 32.6 Å². The van der Waals surface area contributed by atoms with Crippen molar-refractivity contribution in [2.24, 2.45) is 5.41 Å². The Bertz CT molecular complexity index is 1190. The van der Waals surface area contributed by atoms with Crippen molar-refractivity contribution >= 4 is 52.9 Å². The zero-order chi connectivity index (χ0) is 29.8. The number of thioether (sulfide) groups is 1. The van der Waals surface area contributed by atoms with Gasteiger partial charge in [0.15, 0.2) is 11.3 Å². The number of aromatic nitrogens is 2.